The summed E-state index contributed by atoms with van der Waals surface area (Å²) >= 11 is 0. The van der Waals surface area contributed by atoms with Crippen molar-refractivity contribution in [3.05, 3.63) is 64.5 Å². The lowest BCUT2D eigenvalue weighted by Gasteiger charge is -2.21. The van der Waals surface area contributed by atoms with Crippen molar-refractivity contribution in [3.8, 4) is 0 Å². The SMILES string of the molecule is CCCNC(Cc1c(C)cccc1C)c1cc(C)ccn1. The average molecular weight is 282 g/mol. The molecule has 1 aromatic carbocycles. The molecule has 0 aliphatic heterocycles. The number of aromatic nitrogens is 1. The van der Waals surface area contributed by atoms with E-state index < -0.39 is 0 Å². The zero-order valence-electron chi connectivity index (χ0n) is 13.6. The molecular formula is C19H26N2. The molecule has 2 nitrogen and oxygen atoms in total. The quantitative estimate of drug-likeness (QED) is 0.855. The maximum atomic E-state index is 4.59. The molecule has 0 radical (unpaired) electrons. The Labute approximate surface area is 128 Å². The Kier molecular flexibility index (Phi) is 5.51. The summed E-state index contributed by atoms with van der Waals surface area (Å²) in [6.07, 6.45) is 4.04. The fourth-order valence-electron chi connectivity index (χ4n) is 2.73. The van der Waals surface area contributed by atoms with Gasteiger partial charge < -0.3 is 5.32 Å². The number of hydrogen-bond donors (Lipinski definition) is 1. The highest BCUT2D eigenvalue weighted by Gasteiger charge is 2.15. The fraction of sp³-hybridized carbons (Fsp3) is 0.421. The maximum Gasteiger partial charge on any atom is 0.0579 e. The lowest BCUT2D eigenvalue weighted by Crippen LogP contribution is -2.25. The van der Waals surface area contributed by atoms with E-state index in [9.17, 15) is 0 Å². The topological polar surface area (TPSA) is 24.9 Å². The van der Waals surface area contributed by atoms with Gasteiger partial charge in [-0.2, -0.15) is 0 Å². The van der Waals surface area contributed by atoms with Gasteiger partial charge in [0.25, 0.3) is 0 Å². The molecule has 0 aliphatic rings. The molecule has 1 heterocycles. The molecule has 0 aliphatic carbocycles. The molecule has 2 rings (SSSR count). The number of nitrogens with one attached hydrogen (secondary N) is 1. The van der Waals surface area contributed by atoms with E-state index in [2.05, 4.69) is 68.3 Å². The molecule has 1 N–H and O–H groups in total. The predicted octanol–water partition coefficient (Wildman–Crippen LogP) is 4.29. The normalized spacial score (nSPS) is 12.4. The zero-order valence-corrected chi connectivity index (χ0v) is 13.6. The van der Waals surface area contributed by atoms with E-state index in [0.717, 1.165) is 25.1 Å². The number of aryl methyl sites for hydroxylation is 3. The van der Waals surface area contributed by atoms with E-state index in [1.807, 2.05) is 6.20 Å². The Hall–Kier alpha value is -1.67. The highest BCUT2D eigenvalue weighted by atomic mass is 14.9. The Morgan fingerprint density at radius 3 is 2.43 bits per heavy atom. The van der Waals surface area contributed by atoms with Gasteiger partial charge in [-0.3, -0.25) is 4.98 Å². The first kappa shape index (κ1) is 15.7. The summed E-state index contributed by atoms with van der Waals surface area (Å²) in [6, 6.07) is 11.1. The summed E-state index contributed by atoms with van der Waals surface area (Å²) in [4.78, 5) is 4.59. The molecule has 2 heteroatoms. The van der Waals surface area contributed by atoms with Crippen molar-refractivity contribution < 1.29 is 0 Å². The van der Waals surface area contributed by atoms with Crippen LogP contribution in [-0.2, 0) is 6.42 Å². The lowest BCUT2D eigenvalue weighted by molar-refractivity contribution is 0.516. The number of benzene rings is 1. The number of hydrogen-bond acceptors (Lipinski definition) is 2. The van der Waals surface area contributed by atoms with Crippen LogP contribution in [0.3, 0.4) is 0 Å². The predicted molar refractivity (Wildman–Crippen MR) is 89.6 cm³/mol. The van der Waals surface area contributed by atoms with Crippen LogP contribution in [0, 0.1) is 20.8 Å². The second-order valence-corrected chi connectivity index (χ2v) is 5.84. The summed E-state index contributed by atoms with van der Waals surface area (Å²) in [6.45, 7) is 9.74. The molecule has 2 aromatic rings. The molecular weight excluding hydrogens is 256 g/mol. The minimum Gasteiger partial charge on any atom is -0.308 e. The molecule has 0 amide bonds. The second kappa shape index (κ2) is 7.37. The molecule has 112 valence electrons. The van der Waals surface area contributed by atoms with Gasteiger partial charge in [0, 0.05) is 6.20 Å². The van der Waals surface area contributed by atoms with E-state index in [1.165, 1.54) is 22.3 Å². The number of rotatable bonds is 6. The van der Waals surface area contributed by atoms with Crippen LogP contribution in [0.2, 0.25) is 0 Å². The third-order valence-corrected chi connectivity index (χ3v) is 3.99. The van der Waals surface area contributed by atoms with Gasteiger partial charge in [0.1, 0.15) is 0 Å². The van der Waals surface area contributed by atoms with E-state index in [0.29, 0.717) is 0 Å². The minimum absolute atomic E-state index is 0.282. The summed E-state index contributed by atoms with van der Waals surface area (Å²) in [7, 11) is 0. The standard InChI is InChI=1S/C19H26N2/c1-5-10-20-19(18-12-14(2)9-11-21-18)13-17-15(3)7-6-8-16(17)4/h6-9,11-12,19-20H,5,10,13H2,1-4H3. The molecule has 0 fully saturated rings. The molecule has 0 saturated heterocycles. The van der Waals surface area contributed by atoms with E-state index in [1.54, 1.807) is 0 Å². The van der Waals surface area contributed by atoms with E-state index in [-0.39, 0.29) is 6.04 Å². The number of nitrogens with zero attached hydrogens (tertiary/aromatic N) is 1. The fourth-order valence-corrected chi connectivity index (χ4v) is 2.73. The van der Waals surface area contributed by atoms with Gasteiger partial charge in [0.05, 0.1) is 11.7 Å². The highest BCUT2D eigenvalue weighted by molar-refractivity contribution is 5.35. The third-order valence-electron chi connectivity index (χ3n) is 3.99. The van der Waals surface area contributed by atoms with Crippen LogP contribution >= 0.6 is 0 Å². The largest absolute Gasteiger partial charge is 0.308 e. The van der Waals surface area contributed by atoms with Gasteiger partial charge in [0.2, 0.25) is 0 Å². The second-order valence-electron chi connectivity index (χ2n) is 5.84. The maximum absolute atomic E-state index is 4.59. The summed E-state index contributed by atoms with van der Waals surface area (Å²) in [5, 5.41) is 3.65. The van der Waals surface area contributed by atoms with Crippen molar-refractivity contribution in [2.75, 3.05) is 6.54 Å². The molecule has 0 spiro atoms. The van der Waals surface area contributed by atoms with Gasteiger partial charge in [-0.05, 0) is 74.5 Å². The van der Waals surface area contributed by atoms with Crippen LogP contribution in [-0.4, -0.2) is 11.5 Å². The Morgan fingerprint density at radius 2 is 1.81 bits per heavy atom. The van der Waals surface area contributed by atoms with Crippen LogP contribution in [0.4, 0.5) is 0 Å². The van der Waals surface area contributed by atoms with Crippen LogP contribution in [0.15, 0.2) is 36.5 Å². The summed E-state index contributed by atoms with van der Waals surface area (Å²) < 4.78 is 0. The minimum atomic E-state index is 0.282. The van der Waals surface area contributed by atoms with Crippen LogP contribution in [0.5, 0.6) is 0 Å². The molecule has 21 heavy (non-hydrogen) atoms. The first-order chi connectivity index (χ1) is 10.1. The molecule has 1 unspecified atom stereocenters. The zero-order chi connectivity index (χ0) is 15.2. The van der Waals surface area contributed by atoms with Crippen LogP contribution < -0.4 is 5.32 Å². The Morgan fingerprint density at radius 1 is 1.10 bits per heavy atom. The smallest absolute Gasteiger partial charge is 0.0579 e. The van der Waals surface area contributed by atoms with Gasteiger partial charge in [-0.15, -0.1) is 0 Å². The van der Waals surface area contributed by atoms with Crippen molar-refractivity contribution in [2.45, 2.75) is 46.6 Å². The van der Waals surface area contributed by atoms with E-state index >= 15 is 0 Å². The lowest BCUT2D eigenvalue weighted by atomic mass is 9.94. The summed E-state index contributed by atoms with van der Waals surface area (Å²) in [5.41, 5.74) is 6.59. The van der Waals surface area contributed by atoms with Crippen molar-refractivity contribution in [3.63, 3.8) is 0 Å². The van der Waals surface area contributed by atoms with Gasteiger partial charge in [-0.25, -0.2) is 0 Å². The van der Waals surface area contributed by atoms with Crippen LogP contribution in [0.1, 0.15) is 47.3 Å². The Balaban J connectivity index is 2.28. The summed E-state index contributed by atoms with van der Waals surface area (Å²) in [5.74, 6) is 0. The van der Waals surface area contributed by atoms with Crippen molar-refractivity contribution >= 4 is 0 Å². The van der Waals surface area contributed by atoms with Crippen molar-refractivity contribution in [1.29, 1.82) is 0 Å². The van der Waals surface area contributed by atoms with Crippen molar-refractivity contribution in [1.82, 2.24) is 10.3 Å². The highest BCUT2D eigenvalue weighted by Crippen LogP contribution is 2.22. The van der Waals surface area contributed by atoms with Crippen LogP contribution in [0.25, 0.3) is 0 Å². The average Bonchev–Trinajstić information content (AvgIpc) is 2.46. The van der Waals surface area contributed by atoms with Gasteiger partial charge in [-0.1, -0.05) is 25.1 Å². The molecule has 1 atom stereocenters. The first-order valence-electron chi connectivity index (χ1n) is 7.82. The molecule has 0 saturated carbocycles. The van der Waals surface area contributed by atoms with E-state index in [4.69, 9.17) is 0 Å². The third kappa shape index (κ3) is 4.15. The van der Waals surface area contributed by atoms with Gasteiger partial charge in [0.15, 0.2) is 0 Å². The Bertz CT molecular complexity index is 570. The van der Waals surface area contributed by atoms with Gasteiger partial charge >= 0.3 is 0 Å². The van der Waals surface area contributed by atoms with Crippen molar-refractivity contribution in [2.24, 2.45) is 0 Å². The number of pyridine rings is 1. The molecule has 0 bridgehead atoms. The molecule has 1 aromatic heterocycles. The monoisotopic (exact) mass is 282 g/mol. The first-order valence-corrected chi connectivity index (χ1v) is 7.82.